The number of nitrogens with zero attached hydrogens (tertiary/aromatic N) is 1. The number of hydrogen-bond donors (Lipinski definition) is 2. The second-order valence-electron chi connectivity index (χ2n) is 7.20. The molecule has 0 radical (unpaired) electrons. The third kappa shape index (κ3) is 3.33. The van der Waals surface area contributed by atoms with E-state index in [0.29, 0.717) is 11.2 Å². The lowest BCUT2D eigenvalue weighted by atomic mass is 10.1. The van der Waals surface area contributed by atoms with Crippen LogP contribution in [0.15, 0.2) is 66.9 Å². The minimum Gasteiger partial charge on any atom is -0.396 e. The van der Waals surface area contributed by atoms with Gasteiger partial charge < -0.3 is 15.5 Å². The highest BCUT2D eigenvalue weighted by Gasteiger charge is 2.26. The predicted octanol–water partition coefficient (Wildman–Crippen LogP) is 4.76. The molecule has 30 heavy (non-hydrogen) atoms. The number of nitrogens with two attached hydrogens (primary N) is 1. The average Bonchev–Trinajstić information content (AvgIpc) is 3.02. The fraction of sp³-hybridized carbons (Fsp3) is 0.0833. The Labute approximate surface area is 173 Å². The lowest BCUT2D eigenvalue weighted by molar-refractivity contribution is 0.102. The summed E-state index contributed by atoms with van der Waals surface area (Å²) in [5.74, 6) is -1.23. The van der Waals surface area contributed by atoms with Crippen LogP contribution < -0.4 is 11.1 Å². The molecule has 3 N–H and O–H groups in total. The molecule has 0 unspecified atom stereocenters. The SMILES string of the molecule is Cc1ccc(NC(=O)c2c(N)c(C(=O)c3ccc(F)cc3)n3ccccc23)c(C)c1. The maximum Gasteiger partial charge on any atom is 0.259 e. The van der Waals surface area contributed by atoms with E-state index in [1.54, 1.807) is 28.8 Å². The van der Waals surface area contributed by atoms with Gasteiger partial charge in [0.2, 0.25) is 5.78 Å². The first-order valence-electron chi connectivity index (χ1n) is 9.44. The maximum absolute atomic E-state index is 13.3. The molecule has 1 amide bonds. The minimum absolute atomic E-state index is 0.0813. The number of fused-ring (bicyclic) bond motifs is 1. The molecule has 0 aliphatic rings. The lowest BCUT2D eigenvalue weighted by Gasteiger charge is -2.09. The van der Waals surface area contributed by atoms with Crippen molar-refractivity contribution in [2.24, 2.45) is 0 Å². The Bertz CT molecular complexity index is 1290. The summed E-state index contributed by atoms with van der Waals surface area (Å²) in [5, 5.41) is 2.89. The Hall–Kier alpha value is -3.93. The molecule has 5 nitrogen and oxygen atoms in total. The number of halogens is 1. The van der Waals surface area contributed by atoms with Crippen LogP contribution in [0.5, 0.6) is 0 Å². The van der Waals surface area contributed by atoms with Gasteiger partial charge >= 0.3 is 0 Å². The van der Waals surface area contributed by atoms with Crippen molar-refractivity contribution in [1.82, 2.24) is 4.40 Å². The fourth-order valence-electron chi connectivity index (χ4n) is 3.57. The number of nitrogen functional groups attached to an aromatic ring is 1. The van der Waals surface area contributed by atoms with Crippen LogP contribution in [0.3, 0.4) is 0 Å². The third-order valence-electron chi connectivity index (χ3n) is 5.06. The highest BCUT2D eigenvalue weighted by atomic mass is 19.1. The minimum atomic E-state index is -0.437. The maximum atomic E-state index is 13.3. The summed E-state index contributed by atoms with van der Waals surface area (Å²) in [7, 11) is 0. The molecule has 0 aliphatic carbocycles. The summed E-state index contributed by atoms with van der Waals surface area (Å²) >= 11 is 0. The number of rotatable bonds is 4. The summed E-state index contributed by atoms with van der Waals surface area (Å²) in [5.41, 5.74) is 10.3. The highest BCUT2D eigenvalue weighted by Crippen LogP contribution is 2.29. The Kier molecular flexibility index (Phi) is 4.83. The van der Waals surface area contributed by atoms with Gasteiger partial charge in [-0.3, -0.25) is 9.59 Å². The van der Waals surface area contributed by atoms with Crippen LogP contribution in [0, 0.1) is 19.7 Å². The molecule has 2 aromatic carbocycles. The number of benzene rings is 2. The summed E-state index contributed by atoms with van der Waals surface area (Å²) in [6, 6.07) is 16.2. The topological polar surface area (TPSA) is 76.6 Å². The molecule has 0 bridgehead atoms. The third-order valence-corrected chi connectivity index (χ3v) is 5.06. The van der Waals surface area contributed by atoms with Gasteiger partial charge in [0.05, 0.1) is 16.8 Å². The number of amides is 1. The van der Waals surface area contributed by atoms with E-state index >= 15 is 0 Å². The molecule has 150 valence electrons. The molecule has 0 atom stereocenters. The van der Waals surface area contributed by atoms with E-state index < -0.39 is 11.7 Å². The van der Waals surface area contributed by atoms with Gasteiger partial charge in [0.25, 0.3) is 5.91 Å². The van der Waals surface area contributed by atoms with Gasteiger partial charge in [-0.25, -0.2) is 4.39 Å². The van der Waals surface area contributed by atoms with Gasteiger partial charge in [0.15, 0.2) is 0 Å². The largest absolute Gasteiger partial charge is 0.396 e. The summed E-state index contributed by atoms with van der Waals surface area (Å²) in [6.45, 7) is 3.89. The molecule has 0 aliphatic heterocycles. The molecule has 0 saturated heterocycles. The van der Waals surface area contributed by atoms with Crippen molar-refractivity contribution in [3.63, 3.8) is 0 Å². The molecule has 2 aromatic heterocycles. The van der Waals surface area contributed by atoms with Gasteiger partial charge in [0, 0.05) is 17.4 Å². The zero-order chi connectivity index (χ0) is 21.4. The number of aryl methyl sites for hydroxylation is 2. The first kappa shape index (κ1) is 19.4. The van der Waals surface area contributed by atoms with Gasteiger partial charge in [0.1, 0.15) is 11.5 Å². The van der Waals surface area contributed by atoms with Crippen molar-refractivity contribution in [2.75, 3.05) is 11.1 Å². The van der Waals surface area contributed by atoms with Crippen LogP contribution >= 0.6 is 0 Å². The average molecular weight is 401 g/mol. The predicted molar refractivity (Wildman–Crippen MR) is 116 cm³/mol. The summed E-state index contributed by atoms with van der Waals surface area (Å²) < 4.78 is 14.9. The van der Waals surface area contributed by atoms with Crippen LogP contribution in [0.2, 0.25) is 0 Å². The summed E-state index contributed by atoms with van der Waals surface area (Å²) in [6.07, 6.45) is 1.68. The molecule has 2 heterocycles. The van der Waals surface area contributed by atoms with Crippen molar-refractivity contribution in [3.8, 4) is 0 Å². The van der Waals surface area contributed by atoms with Crippen LogP contribution in [0.4, 0.5) is 15.8 Å². The number of ketones is 1. The van der Waals surface area contributed by atoms with E-state index in [0.717, 1.165) is 11.1 Å². The first-order chi connectivity index (χ1) is 14.4. The van der Waals surface area contributed by atoms with Gasteiger partial charge in [-0.15, -0.1) is 0 Å². The Morgan fingerprint density at radius 2 is 1.73 bits per heavy atom. The van der Waals surface area contributed by atoms with E-state index in [1.165, 1.54) is 24.3 Å². The van der Waals surface area contributed by atoms with Crippen molar-refractivity contribution in [3.05, 3.63) is 101 Å². The molecular weight excluding hydrogens is 381 g/mol. The van der Waals surface area contributed by atoms with Crippen molar-refractivity contribution >= 4 is 28.6 Å². The Balaban J connectivity index is 1.81. The number of nitrogens with one attached hydrogen (secondary N) is 1. The molecule has 4 rings (SSSR count). The van der Waals surface area contributed by atoms with Gasteiger partial charge in [-0.1, -0.05) is 23.8 Å². The first-order valence-corrected chi connectivity index (χ1v) is 9.44. The zero-order valence-corrected chi connectivity index (χ0v) is 16.6. The quantitative estimate of drug-likeness (QED) is 0.484. The van der Waals surface area contributed by atoms with Gasteiger partial charge in [-0.2, -0.15) is 0 Å². The number of carbonyl (C=O) groups excluding carboxylic acids is 2. The van der Waals surface area contributed by atoms with Crippen molar-refractivity contribution < 1.29 is 14.0 Å². The molecular formula is C24H20FN3O2. The zero-order valence-electron chi connectivity index (χ0n) is 16.6. The van der Waals surface area contributed by atoms with E-state index in [-0.39, 0.29) is 28.3 Å². The summed E-state index contributed by atoms with van der Waals surface area (Å²) in [4.78, 5) is 26.3. The van der Waals surface area contributed by atoms with Crippen molar-refractivity contribution in [2.45, 2.75) is 13.8 Å². The van der Waals surface area contributed by atoms with E-state index in [4.69, 9.17) is 5.73 Å². The molecule has 0 saturated carbocycles. The number of carbonyl (C=O) groups is 2. The van der Waals surface area contributed by atoms with Crippen LogP contribution in [-0.2, 0) is 0 Å². The smallest absolute Gasteiger partial charge is 0.259 e. The monoisotopic (exact) mass is 401 g/mol. The number of hydrogen-bond acceptors (Lipinski definition) is 3. The number of aromatic nitrogens is 1. The molecule has 4 aromatic rings. The second-order valence-corrected chi connectivity index (χ2v) is 7.20. The molecule has 0 fully saturated rings. The Morgan fingerprint density at radius 1 is 1.00 bits per heavy atom. The molecule has 6 heteroatoms. The molecule has 0 spiro atoms. The van der Waals surface area contributed by atoms with E-state index in [2.05, 4.69) is 5.32 Å². The second kappa shape index (κ2) is 7.48. The fourth-order valence-corrected chi connectivity index (χ4v) is 3.57. The van der Waals surface area contributed by atoms with E-state index in [9.17, 15) is 14.0 Å². The highest BCUT2D eigenvalue weighted by molar-refractivity contribution is 6.20. The normalized spacial score (nSPS) is 10.9. The number of anilines is 2. The van der Waals surface area contributed by atoms with Crippen molar-refractivity contribution in [1.29, 1.82) is 0 Å². The van der Waals surface area contributed by atoms with Crippen LogP contribution in [0.1, 0.15) is 37.5 Å². The standard InChI is InChI=1S/C24H20FN3O2/c1-14-6-11-18(15(2)13-14)27-24(30)20-19-5-3-4-12-28(19)22(21(20)26)23(29)16-7-9-17(25)10-8-16/h3-13H,26H2,1-2H3,(H,27,30). The number of pyridine rings is 1. The van der Waals surface area contributed by atoms with Gasteiger partial charge in [-0.05, 0) is 61.9 Å². The Morgan fingerprint density at radius 3 is 2.43 bits per heavy atom. The lowest BCUT2D eigenvalue weighted by Crippen LogP contribution is -2.15. The van der Waals surface area contributed by atoms with Crippen LogP contribution in [-0.4, -0.2) is 16.1 Å². The van der Waals surface area contributed by atoms with Crippen LogP contribution in [0.25, 0.3) is 5.52 Å². The van der Waals surface area contributed by atoms with E-state index in [1.807, 2.05) is 32.0 Å².